The first kappa shape index (κ1) is 17.5. The molecule has 26 heavy (non-hydrogen) atoms. The number of amides is 2. The first-order valence-electron chi connectivity index (χ1n) is 9.70. The molecule has 2 N–H and O–H groups in total. The van der Waals surface area contributed by atoms with E-state index in [1.54, 1.807) is 4.90 Å². The van der Waals surface area contributed by atoms with Crippen molar-refractivity contribution in [1.82, 2.24) is 15.5 Å². The lowest BCUT2D eigenvalue weighted by Gasteiger charge is -2.35. The molecule has 0 radical (unpaired) electrons. The molecule has 0 spiro atoms. The normalized spacial score (nSPS) is 30.9. The van der Waals surface area contributed by atoms with Crippen LogP contribution in [0.5, 0.6) is 0 Å². The van der Waals surface area contributed by atoms with E-state index >= 15 is 0 Å². The van der Waals surface area contributed by atoms with Crippen molar-refractivity contribution in [2.75, 3.05) is 13.1 Å². The van der Waals surface area contributed by atoms with Crippen LogP contribution < -0.4 is 10.6 Å². The summed E-state index contributed by atoms with van der Waals surface area (Å²) in [5, 5.41) is 6.82. The van der Waals surface area contributed by atoms with Crippen molar-refractivity contribution in [3.8, 4) is 0 Å². The van der Waals surface area contributed by atoms with Gasteiger partial charge in [0.2, 0.25) is 5.91 Å². The van der Waals surface area contributed by atoms with Gasteiger partial charge in [0.25, 0.3) is 5.91 Å². The van der Waals surface area contributed by atoms with Gasteiger partial charge in [0.05, 0.1) is 5.92 Å². The summed E-state index contributed by atoms with van der Waals surface area (Å²) in [6.45, 7) is 1.09. The van der Waals surface area contributed by atoms with Crippen LogP contribution in [0.3, 0.4) is 0 Å². The summed E-state index contributed by atoms with van der Waals surface area (Å²) >= 11 is 0. The van der Waals surface area contributed by atoms with Crippen molar-refractivity contribution in [3.63, 3.8) is 0 Å². The average molecular weight is 359 g/mol. The molecule has 2 bridgehead atoms. The van der Waals surface area contributed by atoms with Gasteiger partial charge in [-0.3, -0.25) is 9.59 Å². The molecule has 3 unspecified atom stereocenters. The Labute approximate surface area is 153 Å². The molecule has 0 saturated carbocycles. The van der Waals surface area contributed by atoms with Gasteiger partial charge in [0, 0.05) is 36.8 Å². The number of nitrogens with one attached hydrogen (secondary N) is 2. The second-order valence-corrected chi connectivity index (χ2v) is 7.91. The monoisotopic (exact) mass is 359 g/mol. The van der Waals surface area contributed by atoms with E-state index < -0.39 is 0 Å². The van der Waals surface area contributed by atoms with Gasteiger partial charge in [-0.2, -0.15) is 0 Å². The van der Waals surface area contributed by atoms with Gasteiger partial charge in [0.15, 0.2) is 0 Å². The predicted molar refractivity (Wildman–Crippen MR) is 96.1 cm³/mol. The minimum atomic E-state index is -0.353. The zero-order valence-electron chi connectivity index (χ0n) is 14.9. The minimum absolute atomic E-state index is 0.0768. The topological polar surface area (TPSA) is 61.4 Å². The zero-order valence-corrected chi connectivity index (χ0v) is 14.9. The molecule has 3 saturated heterocycles. The van der Waals surface area contributed by atoms with E-state index in [1.165, 1.54) is 37.1 Å². The van der Waals surface area contributed by atoms with Gasteiger partial charge in [-0.25, -0.2) is 4.39 Å². The van der Waals surface area contributed by atoms with Gasteiger partial charge in [0.1, 0.15) is 5.82 Å². The van der Waals surface area contributed by atoms with Crippen molar-refractivity contribution >= 4 is 11.8 Å². The fourth-order valence-electron chi connectivity index (χ4n) is 4.64. The number of likely N-dealkylation sites (tertiary alicyclic amines) is 1. The van der Waals surface area contributed by atoms with Crippen LogP contribution in [0.25, 0.3) is 0 Å². The van der Waals surface area contributed by atoms with Gasteiger partial charge in [-0.15, -0.1) is 0 Å². The quantitative estimate of drug-likeness (QED) is 0.869. The number of rotatable bonds is 3. The van der Waals surface area contributed by atoms with E-state index in [0.29, 0.717) is 30.7 Å². The number of carbonyl (C=O) groups is 2. The first-order valence-corrected chi connectivity index (χ1v) is 9.70. The Morgan fingerprint density at radius 2 is 1.77 bits per heavy atom. The Bertz CT molecular complexity index is 666. The summed E-state index contributed by atoms with van der Waals surface area (Å²) in [4.78, 5) is 27.1. The van der Waals surface area contributed by atoms with E-state index in [-0.39, 0.29) is 29.6 Å². The summed E-state index contributed by atoms with van der Waals surface area (Å²) in [5.74, 6) is -0.551. The lowest BCUT2D eigenvalue weighted by Crippen LogP contribution is -2.51. The first-order chi connectivity index (χ1) is 12.6. The van der Waals surface area contributed by atoms with Crippen LogP contribution in [0.15, 0.2) is 24.3 Å². The van der Waals surface area contributed by atoms with Crippen molar-refractivity contribution < 1.29 is 14.0 Å². The molecule has 3 aliphatic rings. The summed E-state index contributed by atoms with van der Waals surface area (Å²) in [6, 6.07) is 6.95. The fourth-order valence-corrected chi connectivity index (χ4v) is 4.64. The fraction of sp³-hybridized carbons (Fsp3) is 0.600. The van der Waals surface area contributed by atoms with Crippen LogP contribution in [0.1, 0.15) is 48.9 Å². The molecular formula is C20H26FN3O2. The molecule has 1 aromatic carbocycles. The average Bonchev–Trinajstić information content (AvgIpc) is 3.00. The maximum absolute atomic E-state index is 13.1. The summed E-state index contributed by atoms with van der Waals surface area (Å²) in [7, 11) is 0. The van der Waals surface area contributed by atoms with Crippen LogP contribution in [-0.2, 0) is 4.79 Å². The van der Waals surface area contributed by atoms with Gasteiger partial charge >= 0.3 is 0 Å². The highest BCUT2D eigenvalue weighted by Crippen LogP contribution is 2.27. The lowest BCUT2D eigenvalue weighted by atomic mass is 9.94. The number of hydrogen-bond acceptors (Lipinski definition) is 3. The number of hydrogen-bond donors (Lipinski definition) is 2. The number of nitrogens with zero attached hydrogens (tertiary/aromatic N) is 1. The highest BCUT2D eigenvalue weighted by Gasteiger charge is 2.36. The second kappa shape index (κ2) is 7.35. The Balaban J connectivity index is 1.34. The van der Waals surface area contributed by atoms with Crippen LogP contribution in [-0.4, -0.2) is 47.9 Å². The zero-order chi connectivity index (χ0) is 18.1. The molecule has 3 fully saturated rings. The van der Waals surface area contributed by atoms with E-state index in [2.05, 4.69) is 10.6 Å². The third-order valence-corrected chi connectivity index (χ3v) is 5.99. The molecule has 4 rings (SSSR count). The third kappa shape index (κ3) is 3.75. The Morgan fingerprint density at radius 3 is 2.46 bits per heavy atom. The molecular weight excluding hydrogens is 333 g/mol. The summed E-state index contributed by atoms with van der Waals surface area (Å²) in [5.41, 5.74) is 0.474. The molecule has 3 atom stereocenters. The SMILES string of the molecule is O=C(NC1CC2CCC(C1)N2)C1CCCN(C(=O)c2ccc(F)cc2)C1. The molecule has 0 aromatic heterocycles. The molecule has 3 heterocycles. The van der Waals surface area contributed by atoms with E-state index in [4.69, 9.17) is 0 Å². The standard InChI is InChI=1S/C20H26FN3O2/c21-15-5-3-13(4-6-15)20(26)24-9-1-2-14(12-24)19(25)23-18-10-16-7-8-17(11-18)22-16/h3-6,14,16-18,22H,1-2,7-12H2,(H,23,25). The third-order valence-electron chi connectivity index (χ3n) is 5.99. The predicted octanol–water partition coefficient (Wildman–Crippen LogP) is 2.08. The summed E-state index contributed by atoms with van der Waals surface area (Å²) < 4.78 is 13.1. The minimum Gasteiger partial charge on any atom is -0.353 e. The van der Waals surface area contributed by atoms with E-state index in [1.807, 2.05) is 0 Å². The van der Waals surface area contributed by atoms with Gasteiger partial charge in [-0.05, 0) is 62.8 Å². The molecule has 0 aliphatic carbocycles. The molecule has 3 aliphatic heterocycles. The lowest BCUT2D eigenvalue weighted by molar-refractivity contribution is -0.127. The van der Waals surface area contributed by atoms with Gasteiger partial charge < -0.3 is 15.5 Å². The molecule has 6 heteroatoms. The van der Waals surface area contributed by atoms with E-state index in [0.717, 1.165) is 25.7 Å². The highest BCUT2D eigenvalue weighted by atomic mass is 19.1. The Hall–Kier alpha value is -1.95. The molecule has 5 nitrogen and oxygen atoms in total. The van der Waals surface area contributed by atoms with Crippen molar-refractivity contribution in [2.45, 2.75) is 56.7 Å². The second-order valence-electron chi connectivity index (χ2n) is 7.91. The maximum Gasteiger partial charge on any atom is 0.253 e. The highest BCUT2D eigenvalue weighted by molar-refractivity contribution is 5.94. The molecule has 2 amide bonds. The van der Waals surface area contributed by atoms with Crippen LogP contribution in [0.4, 0.5) is 4.39 Å². The van der Waals surface area contributed by atoms with E-state index in [9.17, 15) is 14.0 Å². The largest absolute Gasteiger partial charge is 0.353 e. The maximum atomic E-state index is 13.1. The number of piperidine rings is 2. The number of carbonyl (C=O) groups excluding carboxylic acids is 2. The van der Waals surface area contributed by atoms with Crippen molar-refractivity contribution in [1.29, 1.82) is 0 Å². The number of benzene rings is 1. The molecule has 1 aromatic rings. The van der Waals surface area contributed by atoms with Crippen molar-refractivity contribution in [2.24, 2.45) is 5.92 Å². The number of fused-ring (bicyclic) bond motifs is 2. The van der Waals surface area contributed by atoms with Crippen molar-refractivity contribution in [3.05, 3.63) is 35.6 Å². The summed E-state index contributed by atoms with van der Waals surface area (Å²) in [6.07, 6.45) is 6.07. The Kier molecular flexibility index (Phi) is 4.94. The van der Waals surface area contributed by atoms with Crippen LogP contribution in [0.2, 0.25) is 0 Å². The van der Waals surface area contributed by atoms with Crippen LogP contribution >= 0.6 is 0 Å². The smallest absolute Gasteiger partial charge is 0.253 e. The van der Waals surface area contributed by atoms with Crippen LogP contribution in [0, 0.1) is 11.7 Å². The van der Waals surface area contributed by atoms with Gasteiger partial charge in [-0.1, -0.05) is 0 Å². The number of halogens is 1. The molecule has 140 valence electrons. The Morgan fingerprint density at radius 1 is 1.08 bits per heavy atom.